The molecule has 2 aromatic carbocycles. The standard InChI is InChI=1S/C16H17ClN2O2/c1-2-9-19(13-6-4-12(18)5-7-13)16(21)14-8-3-11(17)10-15(14)20/h3-8,10,20H,2,9,18H2,1H3. The third-order valence-electron chi connectivity index (χ3n) is 3.09. The molecule has 21 heavy (non-hydrogen) atoms. The molecule has 0 aromatic heterocycles. The summed E-state index contributed by atoms with van der Waals surface area (Å²) >= 11 is 5.80. The van der Waals surface area contributed by atoms with Gasteiger partial charge in [-0.05, 0) is 48.9 Å². The van der Waals surface area contributed by atoms with Crippen LogP contribution in [0.3, 0.4) is 0 Å². The highest BCUT2D eigenvalue weighted by Gasteiger charge is 2.20. The van der Waals surface area contributed by atoms with Crippen molar-refractivity contribution in [3.8, 4) is 5.75 Å². The molecule has 2 rings (SSSR count). The summed E-state index contributed by atoms with van der Waals surface area (Å²) in [7, 11) is 0. The molecule has 0 heterocycles. The quantitative estimate of drug-likeness (QED) is 0.847. The van der Waals surface area contributed by atoms with E-state index in [1.165, 1.54) is 12.1 Å². The second kappa shape index (κ2) is 6.50. The third-order valence-corrected chi connectivity index (χ3v) is 3.32. The summed E-state index contributed by atoms with van der Waals surface area (Å²) < 4.78 is 0. The van der Waals surface area contributed by atoms with Gasteiger partial charge in [0.2, 0.25) is 0 Å². The Balaban J connectivity index is 2.37. The second-order valence-electron chi connectivity index (χ2n) is 4.71. The van der Waals surface area contributed by atoms with Crippen molar-refractivity contribution in [2.75, 3.05) is 17.2 Å². The minimum absolute atomic E-state index is 0.121. The van der Waals surface area contributed by atoms with Crippen LogP contribution in [0, 0.1) is 0 Å². The number of nitrogens with zero attached hydrogens (tertiary/aromatic N) is 1. The number of carbonyl (C=O) groups excluding carboxylic acids is 1. The molecular formula is C16H17ClN2O2. The molecule has 4 nitrogen and oxygen atoms in total. The number of anilines is 2. The summed E-state index contributed by atoms with van der Waals surface area (Å²) in [6.45, 7) is 2.53. The fourth-order valence-corrected chi connectivity index (χ4v) is 2.22. The summed E-state index contributed by atoms with van der Waals surface area (Å²) in [5.74, 6) is -0.389. The Morgan fingerprint density at radius 3 is 2.48 bits per heavy atom. The van der Waals surface area contributed by atoms with Crippen molar-refractivity contribution in [2.24, 2.45) is 0 Å². The Labute approximate surface area is 128 Å². The van der Waals surface area contributed by atoms with Gasteiger partial charge >= 0.3 is 0 Å². The maximum absolute atomic E-state index is 12.6. The summed E-state index contributed by atoms with van der Waals surface area (Å²) in [5, 5.41) is 10.3. The first-order chi connectivity index (χ1) is 10.0. The number of aromatic hydroxyl groups is 1. The van der Waals surface area contributed by atoms with E-state index in [0.717, 1.165) is 12.1 Å². The molecule has 0 saturated carbocycles. The molecule has 2 aromatic rings. The van der Waals surface area contributed by atoms with Gasteiger partial charge in [0.25, 0.3) is 5.91 Å². The summed E-state index contributed by atoms with van der Waals surface area (Å²) in [5.41, 5.74) is 7.27. The highest BCUT2D eigenvalue weighted by Crippen LogP contribution is 2.26. The number of benzene rings is 2. The Hall–Kier alpha value is -2.20. The molecule has 1 amide bonds. The van der Waals surface area contributed by atoms with Crippen LogP contribution in [0.2, 0.25) is 5.02 Å². The van der Waals surface area contributed by atoms with Crippen LogP contribution < -0.4 is 10.6 Å². The van der Waals surface area contributed by atoms with Crippen molar-refractivity contribution in [2.45, 2.75) is 13.3 Å². The summed E-state index contributed by atoms with van der Waals surface area (Å²) in [4.78, 5) is 14.3. The zero-order chi connectivity index (χ0) is 15.4. The summed E-state index contributed by atoms with van der Waals surface area (Å²) in [6.07, 6.45) is 0.796. The van der Waals surface area contributed by atoms with E-state index in [0.29, 0.717) is 17.3 Å². The molecule has 0 bridgehead atoms. The predicted octanol–water partition coefficient (Wildman–Crippen LogP) is 3.68. The van der Waals surface area contributed by atoms with Gasteiger partial charge in [0.05, 0.1) is 5.56 Å². The lowest BCUT2D eigenvalue weighted by molar-refractivity contribution is 0.0984. The number of hydrogen-bond acceptors (Lipinski definition) is 3. The molecule has 110 valence electrons. The van der Waals surface area contributed by atoms with E-state index in [4.69, 9.17) is 17.3 Å². The van der Waals surface area contributed by atoms with E-state index in [2.05, 4.69) is 0 Å². The average molecular weight is 305 g/mol. The molecule has 5 heteroatoms. The van der Waals surface area contributed by atoms with E-state index in [-0.39, 0.29) is 17.2 Å². The zero-order valence-electron chi connectivity index (χ0n) is 11.7. The first kappa shape index (κ1) is 15.2. The van der Waals surface area contributed by atoms with Gasteiger partial charge in [0.15, 0.2) is 0 Å². The SMILES string of the molecule is CCCN(C(=O)c1ccc(Cl)cc1O)c1ccc(N)cc1. The van der Waals surface area contributed by atoms with Crippen LogP contribution in [-0.4, -0.2) is 17.6 Å². The van der Waals surface area contributed by atoms with E-state index in [9.17, 15) is 9.90 Å². The maximum Gasteiger partial charge on any atom is 0.262 e. The molecule has 0 atom stereocenters. The van der Waals surface area contributed by atoms with Gasteiger partial charge in [-0.3, -0.25) is 4.79 Å². The first-order valence-electron chi connectivity index (χ1n) is 6.69. The van der Waals surface area contributed by atoms with Gasteiger partial charge in [-0.1, -0.05) is 18.5 Å². The molecule has 0 fully saturated rings. The number of amides is 1. The smallest absolute Gasteiger partial charge is 0.262 e. The average Bonchev–Trinajstić information content (AvgIpc) is 2.45. The number of nitrogens with two attached hydrogens (primary N) is 1. The van der Waals surface area contributed by atoms with Crippen LogP contribution in [0.5, 0.6) is 5.75 Å². The maximum atomic E-state index is 12.6. The van der Waals surface area contributed by atoms with Crippen LogP contribution in [0.4, 0.5) is 11.4 Å². The molecule has 0 spiro atoms. The van der Waals surface area contributed by atoms with Gasteiger partial charge in [0.1, 0.15) is 5.75 Å². The van der Waals surface area contributed by atoms with Crippen molar-refractivity contribution in [3.05, 3.63) is 53.1 Å². The fraction of sp³-hybridized carbons (Fsp3) is 0.188. The summed E-state index contributed by atoms with van der Waals surface area (Å²) in [6, 6.07) is 11.5. The third kappa shape index (κ3) is 3.47. The van der Waals surface area contributed by atoms with Crippen LogP contribution >= 0.6 is 11.6 Å². The molecule has 0 aliphatic carbocycles. The number of hydrogen-bond donors (Lipinski definition) is 2. The highest BCUT2D eigenvalue weighted by atomic mass is 35.5. The lowest BCUT2D eigenvalue weighted by atomic mass is 10.1. The van der Waals surface area contributed by atoms with Crippen LogP contribution in [0.15, 0.2) is 42.5 Å². The van der Waals surface area contributed by atoms with Crippen LogP contribution in [0.25, 0.3) is 0 Å². The second-order valence-corrected chi connectivity index (χ2v) is 5.15. The molecule has 0 radical (unpaired) electrons. The Morgan fingerprint density at radius 2 is 1.90 bits per heavy atom. The van der Waals surface area contributed by atoms with Gasteiger partial charge < -0.3 is 15.7 Å². The zero-order valence-corrected chi connectivity index (χ0v) is 12.5. The Bertz CT molecular complexity index is 641. The largest absolute Gasteiger partial charge is 0.507 e. The lowest BCUT2D eigenvalue weighted by Crippen LogP contribution is -2.31. The number of carbonyl (C=O) groups is 1. The van der Waals surface area contributed by atoms with Crippen LogP contribution in [0.1, 0.15) is 23.7 Å². The highest BCUT2D eigenvalue weighted by molar-refractivity contribution is 6.31. The van der Waals surface area contributed by atoms with Gasteiger partial charge in [-0.2, -0.15) is 0 Å². The number of phenols is 1. The minimum Gasteiger partial charge on any atom is -0.507 e. The molecule has 0 aliphatic heterocycles. The van der Waals surface area contributed by atoms with Crippen molar-refractivity contribution in [3.63, 3.8) is 0 Å². The van der Waals surface area contributed by atoms with Gasteiger partial charge in [0, 0.05) is 22.9 Å². The monoisotopic (exact) mass is 304 g/mol. The van der Waals surface area contributed by atoms with Crippen molar-refractivity contribution >= 4 is 28.9 Å². The van der Waals surface area contributed by atoms with Crippen molar-refractivity contribution in [1.82, 2.24) is 0 Å². The number of halogens is 1. The topological polar surface area (TPSA) is 66.6 Å². The lowest BCUT2D eigenvalue weighted by Gasteiger charge is -2.23. The Kier molecular flexibility index (Phi) is 4.70. The van der Waals surface area contributed by atoms with E-state index >= 15 is 0 Å². The predicted molar refractivity (Wildman–Crippen MR) is 85.9 cm³/mol. The first-order valence-corrected chi connectivity index (χ1v) is 7.06. The number of phenolic OH excluding ortho intramolecular Hbond substituents is 1. The fourth-order valence-electron chi connectivity index (χ4n) is 2.06. The van der Waals surface area contributed by atoms with Gasteiger partial charge in [-0.15, -0.1) is 0 Å². The van der Waals surface area contributed by atoms with E-state index in [1.807, 2.05) is 6.92 Å². The molecule has 3 N–H and O–H groups in total. The normalized spacial score (nSPS) is 10.4. The molecule has 0 unspecified atom stereocenters. The number of rotatable bonds is 4. The van der Waals surface area contributed by atoms with Crippen molar-refractivity contribution in [1.29, 1.82) is 0 Å². The number of nitrogen functional groups attached to an aromatic ring is 1. The van der Waals surface area contributed by atoms with E-state index < -0.39 is 0 Å². The van der Waals surface area contributed by atoms with E-state index in [1.54, 1.807) is 35.2 Å². The van der Waals surface area contributed by atoms with Crippen LogP contribution in [-0.2, 0) is 0 Å². The minimum atomic E-state index is -0.268. The molecule has 0 aliphatic rings. The van der Waals surface area contributed by atoms with Crippen molar-refractivity contribution < 1.29 is 9.90 Å². The Morgan fingerprint density at radius 1 is 1.24 bits per heavy atom. The van der Waals surface area contributed by atoms with Gasteiger partial charge in [-0.25, -0.2) is 0 Å². The molecule has 0 saturated heterocycles. The molecular weight excluding hydrogens is 288 g/mol.